The molecule has 98 valence electrons. The maximum absolute atomic E-state index is 12.7. The van der Waals surface area contributed by atoms with Crippen molar-refractivity contribution in [1.82, 2.24) is 4.90 Å². The first kappa shape index (κ1) is 12.8. The number of urea groups is 1. The zero-order valence-electron chi connectivity index (χ0n) is 10.5. The summed E-state index contributed by atoms with van der Waals surface area (Å²) in [5, 5.41) is 2.74. The molecule has 0 radical (unpaired) electrons. The van der Waals surface area contributed by atoms with Gasteiger partial charge in [0.05, 0.1) is 12.2 Å². The molecule has 1 heterocycles. The second-order valence-corrected chi connectivity index (χ2v) is 4.60. The van der Waals surface area contributed by atoms with Crippen LogP contribution in [0.1, 0.15) is 13.8 Å². The Balaban J connectivity index is 1.97. The molecule has 0 aromatic heterocycles. The molecule has 0 spiro atoms. The number of hydrogen-bond acceptors (Lipinski definition) is 2. The second kappa shape index (κ2) is 5.35. The average molecular weight is 252 g/mol. The van der Waals surface area contributed by atoms with Crippen LogP contribution in [-0.2, 0) is 4.74 Å². The number of nitrogens with one attached hydrogen (secondary N) is 1. The number of amides is 2. The molecule has 1 aliphatic heterocycles. The lowest BCUT2D eigenvalue weighted by atomic mass is 10.2. The van der Waals surface area contributed by atoms with E-state index >= 15 is 0 Å². The van der Waals surface area contributed by atoms with E-state index in [2.05, 4.69) is 5.32 Å². The van der Waals surface area contributed by atoms with Crippen molar-refractivity contribution in [3.8, 4) is 0 Å². The van der Waals surface area contributed by atoms with Gasteiger partial charge in [-0.3, -0.25) is 0 Å². The number of rotatable bonds is 1. The Morgan fingerprint density at radius 2 is 1.83 bits per heavy atom. The van der Waals surface area contributed by atoms with Crippen LogP contribution in [0.25, 0.3) is 0 Å². The Bertz CT molecular complexity index is 412. The summed E-state index contributed by atoms with van der Waals surface area (Å²) in [6.07, 6.45) is 0.0698. The minimum absolute atomic E-state index is 0.0349. The Morgan fingerprint density at radius 3 is 2.39 bits per heavy atom. The van der Waals surface area contributed by atoms with Gasteiger partial charge in [0.15, 0.2) is 0 Å². The Labute approximate surface area is 106 Å². The molecule has 4 nitrogen and oxygen atoms in total. The van der Waals surface area contributed by atoms with Crippen molar-refractivity contribution in [1.29, 1.82) is 0 Å². The van der Waals surface area contributed by atoms with Gasteiger partial charge in [-0.1, -0.05) is 0 Å². The quantitative estimate of drug-likeness (QED) is 0.834. The summed E-state index contributed by atoms with van der Waals surface area (Å²) >= 11 is 0. The molecule has 0 bridgehead atoms. The number of hydrogen-bond donors (Lipinski definition) is 1. The van der Waals surface area contributed by atoms with Gasteiger partial charge in [-0.05, 0) is 38.1 Å². The minimum atomic E-state index is -0.318. The number of benzene rings is 1. The van der Waals surface area contributed by atoms with Gasteiger partial charge in [-0.25, -0.2) is 9.18 Å². The summed E-state index contributed by atoms with van der Waals surface area (Å²) in [7, 11) is 0. The van der Waals surface area contributed by atoms with Crippen LogP contribution in [0.4, 0.5) is 14.9 Å². The summed E-state index contributed by atoms with van der Waals surface area (Å²) < 4.78 is 18.3. The van der Waals surface area contributed by atoms with Gasteiger partial charge < -0.3 is 15.0 Å². The predicted molar refractivity (Wildman–Crippen MR) is 67.0 cm³/mol. The molecule has 1 aromatic rings. The van der Waals surface area contributed by atoms with Gasteiger partial charge in [-0.2, -0.15) is 0 Å². The summed E-state index contributed by atoms with van der Waals surface area (Å²) in [6, 6.07) is 5.55. The van der Waals surface area contributed by atoms with Crippen molar-refractivity contribution >= 4 is 11.7 Å². The molecule has 5 heteroatoms. The first-order valence-corrected chi connectivity index (χ1v) is 6.01. The lowest BCUT2D eigenvalue weighted by Crippen LogP contribution is -2.49. The molecule has 2 amide bonds. The largest absolute Gasteiger partial charge is 0.372 e. The average Bonchev–Trinajstić information content (AvgIpc) is 2.31. The number of ether oxygens (including phenoxy) is 1. The van der Waals surface area contributed by atoms with Crippen molar-refractivity contribution in [2.45, 2.75) is 26.1 Å². The highest BCUT2D eigenvalue weighted by Gasteiger charge is 2.25. The number of morpholine rings is 1. The molecule has 1 N–H and O–H groups in total. The fourth-order valence-electron chi connectivity index (χ4n) is 2.08. The third kappa shape index (κ3) is 3.20. The summed E-state index contributed by atoms with van der Waals surface area (Å²) in [5.41, 5.74) is 0.591. The van der Waals surface area contributed by atoms with E-state index in [0.29, 0.717) is 18.8 Å². The summed E-state index contributed by atoms with van der Waals surface area (Å²) in [6.45, 7) is 5.01. The summed E-state index contributed by atoms with van der Waals surface area (Å²) in [5.74, 6) is -0.318. The van der Waals surface area contributed by atoms with Gasteiger partial charge in [0.25, 0.3) is 0 Å². The SMILES string of the molecule is C[C@@H]1CN(C(=O)Nc2ccc(F)cc2)C[C@@H](C)O1. The molecule has 0 unspecified atom stereocenters. The maximum Gasteiger partial charge on any atom is 0.322 e. The van der Waals surface area contributed by atoms with Crippen molar-refractivity contribution in [3.63, 3.8) is 0 Å². The van der Waals surface area contributed by atoms with Crippen molar-refractivity contribution in [3.05, 3.63) is 30.1 Å². The van der Waals surface area contributed by atoms with Crippen LogP contribution in [0.2, 0.25) is 0 Å². The third-order valence-corrected chi connectivity index (χ3v) is 2.80. The Hall–Kier alpha value is -1.62. The predicted octanol–water partition coefficient (Wildman–Crippen LogP) is 2.47. The monoisotopic (exact) mass is 252 g/mol. The first-order valence-electron chi connectivity index (χ1n) is 6.01. The zero-order valence-corrected chi connectivity index (χ0v) is 10.5. The van der Waals surface area contributed by atoms with E-state index in [9.17, 15) is 9.18 Å². The molecule has 1 aromatic carbocycles. The van der Waals surface area contributed by atoms with Crippen molar-refractivity contribution in [2.75, 3.05) is 18.4 Å². The highest BCUT2D eigenvalue weighted by molar-refractivity contribution is 5.89. The van der Waals surface area contributed by atoms with Gasteiger partial charge in [0.1, 0.15) is 5.82 Å². The standard InChI is InChI=1S/C13H17FN2O2/c1-9-7-16(8-10(2)18-9)13(17)15-12-5-3-11(14)4-6-12/h3-6,9-10H,7-8H2,1-2H3,(H,15,17)/t9-,10-/m1/s1. The van der Waals surface area contributed by atoms with E-state index in [4.69, 9.17) is 4.74 Å². The minimum Gasteiger partial charge on any atom is -0.372 e. The molecule has 1 fully saturated rings. The molecule has 0 saturated carbocycles. The fraction of sp³-hybridized carbons (Fsp3) is 0.462. The van der Waals surface area contributed by atoms with Crippen LogP contribution in [0, 0.1) is 5.82 Å². The first-order chi connectivity index (χ1) is 8.54. The molecule has 2 rings (SSSR count). The van der Waals surface area contributed by atoms with Crippen LogP contribution >= 0.6 is 0 Å². The van der Waals surface area contributed by atoms with E-state index in [0.717, 1.165) is 0 Å². The number of anilines is 1. The molecule has 0 aliphatic carbocycles. The Kier molecular flexibility index (Phi) is 3.81. The molecule has 1 aliphatic rings. The molecular formula is C13H17FN2O2. The Morgan fingerprint density at radius 1 is 1.28 bits per heavy atom. The summed E-state index contributed by atoms with van der Waals surface area (Å²) in [4.78, 5) is 13.7. The fourth-order valence-corrected chi connectivity index (χ4v) is 2.08. The van der Waals surface area contributed by atoms with Crippen molar-refractivity contribution in [2.24, 2.45) is 0 Å². The van der Waals surface area contributed by atoms with E-state index in [1.54, 1.807) is 17.0 Å². The van der Waals surface area contributed by atoms with Crippen LogP contribution in [0.3, 0.4) is 0 Å². The van der Waals surface area contributed by atoms with Crippen LogP contribution < -0.4 is 5.32 Å². The number of carbonyl (C=O) groups excluding carboxylic acids is 1. The van der Waals surface area contributed by atoms with Gasteiger partial charge in [0.2, 0.25) is 0 Å². The van der Waals surface area contributed by atoms with Crippen LogP contribution in [0.15, 0.2) is 24.3 Å². The molecule has 2 atom stereocenters. The van der Waals surface area contributed by atoms with Crippen molar-refractivity contribution < 1.29 is 13.9 Å². The highest BCUT2D eigenvalue weighted by Crippen LogP contribution is 2.14. The van der Waals surface area contributed by atoms with Gasteiger partial charge >= 0.3 is 6.03 Å². The molecule has 18 heavy (non-hydrogen) atoms. The second-order valence-electron chi connectivity index (χ2n) is 4.60. The smallest absolute Gasteiger partial charge is 0.322 e. The number of nitrogens with zero attached hydrogens (tertiary/aromatic N) is 1. The number of halogens is 1. The van der Waals surface area contributed by atoms with E-state index in [1.165, 1.54) is 12.1 Å². The van der Waals surface area contributed by atoms with E-state index in [1.807, 2.05) is 13.8 Å². The molecule has 1 saturated heterocycles. The lowest BCUT2D eigenvalue weighted by Gasteiger charge is -2.35. The maximum atomic E-state index is 12.7. The third-order valence-electron chi connectivity index (χ3n) is 2.80. The van der Waals surface area contributed by atoms with Gasteiger partial charge in [0, 0.05) is 18.8 Å². The van der Waals surface area contributed by atoms with E-state index in [-0.39, 0.29) is 24.1 Å². The highest BCUT2D eigenvalue weighted by atomic mass is 19.1. The normalized spacial score (nSPS) is 23.8. The van der Waals surface area contributed by atoms with E-state index < -0.39 is 0 Å². The van der Waals surface area contributed by atoms with Crippen LogP contribution in [0.5, 0.6) is 0 Å². The lowest BCUT2D eigenvalue weighted by molar-refractivity contribution is -0.0530. The zero-order chi connectivity index (χ0) is 13.1. The topological polar surface area (TPSA) is 41.6 Å². The number of carbonyl (C=O) groups is 1. The van der Waals surface area contributed by atoms with Gasteiger partial charge in [-0.15, -0.1) is 0 Å². The molecular weight excluding hydrogens is 235 g/mol. The van der Waals surface area contributed by atoms with Crippen LogP contribution in [-0.4, -0.2) is 36.2 Å².